The lowest BCUT2D eigenvalue weighted by Gasteiger charge is -2.19. The molecule has 1 aliphatic carbocycles. The summed E-state index contributed by atoms with van der Waals surface area (Å²) in [6.45, 7) is 3.98. The zero-order chi connectivity index (χ0) is 18.9. The fraction of sp³-hybridized carbons (Fsp3) is 0.333. The number of nitrogens with one attached hydrogen (secondary N) is 1. The summed E-state index contributed by atoms with van der Waals surface area (Å²) < 4.78 is 13.1. The van der Waals surface area contributed by atoms with Crippen molar-refractivity contribution in [1.29, 1.82) is 0 Å². The van der Waals surface area contributed by atoms with Gasteiger partial charge in [0.1, 0.15) is 5.82 Å². The van der Waals surface area contributed by atoms with Crippen molar-refractivity contribution >= 4 is 11.9 Å². The van der Waals surface area contributed by atoms with Gasteiger partial charge in [-0.15, -0.1) is 0 Å². The van der Waals surface area contributed by atoms with Crippen molar-refractivity contribution in [2.24, 2.45) is 0 Å². The summed E-state index contributed by atoms with van der Waals surface area (Å²) in [6.07, 6.45) is 1.52. The number of carboxylic acid groups (broad SMARTS) is 1. The number of rotatable bonds is 6. The van der Waals surface area contributed by atoms with Gasteiger partial charge in [-0.1, -0.05) is 41.5 Å². The first-order chi connectivity index (χ1) is 12.3. The Hall–Kier alpha value is -2.69. The minimum Gasteiger partial charge on any atom is -0.481 e. The molecule has 0 bridgehead atoms. The van der Waals surface area contributed by atoms with E-state index in [9.17, 15) is 19.1 Å². The summed E-state index contributed by atoms with van der Waals surface area (Å²) in [4.78, 5) is 24.4. The van der Waals surface area contributed by atoms with E-state index in [2.05, 4.69) is 11.4 Å². The highest BCUT2D eigenvalue weighted by Gasteiger charge is 2.51. The van der Waals surface area contributed by atoms with Gasteiger partial charge in [0.2, 0.25) is 5.91 Å². The number of benzene rings is 2. The number of carbonyl (C=O) groups excluding carboxylic acids is 1. The normalized spacial score (nSPS) is 16.0. The lowest BCUT2D eigenvalue weighted by Crippen LogP contribution is -2.38. The quantitative estimate of drug-likeness (QED) is 0.834. The number of halogens is 1. The molecule has 2 aromatic carbocycles. The Morgan fingerprint density at radius 1 is 1.12 bits per heavy atom. The van der Waals surface area contributed by atoms with Crippen LogP contribution in [-0.4, -0.2) is 23.5 Å². The minimum atomic E-state index is -1.05. The van der Waals surface area contributed by atoms with Gasteiger partial charge in [0.25, 0.3) is 0 Å². The molecule has 0 spiro atoms. The van der Waals surface area contributed by atoms with Crippen LogP contribution in [0.3, 0.4) is 0 Å². The average Bonchev–Trinajstić information content (AvgIpc) is 3.37. The second-order valence-corrected chi connectivity index (χ2v) is 7.11. The Morgan fingerprint density at radius 2 is 1.69 bits per heavy atom. The van der Waals surface area contributed by atoms with Crippen LogP contribution in [0.4, 0.5) is 4.39 Å². The van der Waals surface area contributed by atoms with Gasteiger partial charge in [0.05, 0.1) is 11.3 Å². The monoisotopic (exact) mass is 355 g/mol. The van der Waals surface area contributed by atoms with Crippen molar-refractivity contribution in [3.8, 4) is 0 Å². The Balaban J connectivity index is 1.74. The van der Waals surface area contributed by atoms with Crippen LogP contribution in [-0.2, 0) is 15.0 Å². The molecule has 2 N–H and O–H groups in total. The Bertz CT molecular complexity index is 821. The summed E-state index contributed by atoms with van der Waals surface area (Å²) in [6, 6.07) is 11.4. The van der Waals surface area contributed by atoms with E-state index in [1.165, 1.54) is 24.3 Å². The van der Waals surface area contributed by atoms with Crippen molar-refractivity contribution in [2.75, 3.05) is 6.54 Å². The number of carbonyl (C=O) groups is 2. The number of aryl methyl sites for hydroxylation is 2. The first-order valence-electron chi connectivity index (χ1n) is 8.67. The Morgan fingerprint density at radius 3 is 2.19 bits per heavy atom. The zero-order valence-corrected chi connectivity index (χ0v) is 14.9. The standard InChI is InChI=1S/C21H22FNO3/c1-13-9-14(2)11-16(10-13)21(7-8-21)20(26)23-12-18(19(24)25)15-3-5-17(22)6-4-15/h3-6,9-11,18H,7-8,12H2,1-2H3,(H,23,26)(H,24,25). The molecule has 1 atom stereocenters. The number of hydrogen-bond donors (Lipinski definition) is 2. The van der Waals surface area contributed by atoms with Crippen molar-refractivity contribution in [1.82, 2.24) is 5.32 Å². The van der Waals surface area contributed by atoms with Crippen LogP contribution in [0, 0.1) is 19.7 Å². The van der Waals surface area contributed by atoms with Gasteiger partial charge in [-0.3, -0.25) is 9.59 Å². The molecule has 1 saturated carbocycles. The van der Waals surface area contributed by atoms with E-state index in [-0.39, 0.29) is 12.5 Å². The molecule has 4 nitrogen and oxygen atoms in total. The third-order valence-corrected chi connectivity index (χ3v) is 5.00. The molecule has 1 amide bonds. The van der Waals surface area contributed by atoms with E-state index in [4.69, 9.17) is 0 Å². The maximum atomic E-state index is 13.1. The predicted octanol–water partition coefficient (Wildman–Crippen LogP) is 3.46. The Labute approximate surface area is 152 Å². The maximum absolute atomic E-state index is 13.1. The van der Waals surface area contributed by atoms with E-state index < -0.39 is 23.1 Å². The van der Waals surface area contributed by atoms with E-state index in [1.807, 2.05) is 26.0 Å². The molecule has 0 radical (unpaired) electrons. The molecule has 26 heavy (non-hydrogen) atoms. The van der Waals surface area contributed by atoms with E-state index in [0.717, 1.165) is 29.5 Å². The fourth-order valence-corrected chi connectivity index (χ4v) is 3.43. The summed E-state index contributed by atoms with van der Waals surface area (Å²) >= 11 is 0. The lowest BCUT2D eigenvalue weighted by atomic mass is 9.91. The van der Waals surface area contributed by atoms with Gasteiger partial charge in [0.15, 0.2) is 0 Å². The predicted molar refractivity (Wildman–Crippen MR) is 96.6 cm³/mol. The first kappa shape index (κ1) is 18.1. The van der Waals surface area contributed by atoms with Gasteiger partial charge in [-0.05, 0) is 49.9 Å². The van der Waals surface area contributed by atoms with Gasteiger partial charge in [-0.25, -0.2) is 4.39 Å². The van der Waals surface area contributed by atoms with Gasteiger partial charge in [0, 0.05) is 6.54 Å². The minimum absolute atomic E-state index is 0.0215. The van der Waals surface area contributed by atoms with Crippen LogP contribution in [0.5, 0.6) is 0 Å². The van der Waals surface area contributed by atoms with Gasteiger partial charge in [-0.2, -0.15) is 0 Å². The van der Waals surface area contributed by atoms with Gasteiger partial charge < -0.3 is 10.4 Å². The van der Waals surface area contributed by atoms with Crippen LogP contribution in [0.2, 0.25) is 0 Å². The highest BCUT2D eigenvalue weighted by Crippen LogP contribution is 2.48. The highest BCUT2D eigenvalue weighted by atomic mass is 19.1. The molecule has 5 heteroatoms. The fourth-order valence-electron chi connectivity index (χ4n) is 3.43. The summed E-state index contributed by atoms with van der Waals surface area (Å²) in [5.74, 6) is -2.52. The SMILES string of the molecule is Cc1cc(C)cc(C2(C(=O)NCC(C(=O)O)c3ccc(F)cc3)CC2)c1. The molecular weight excluding hydrogens is 333 g/mol. The summed E-state index contributed by atoms with van der Waals surface area (Å²) in [5.41, 5.74) is 3.11. The van der Waals surface area contributed by atoms with Gasteiger partial charge >= 0.3 is 5.97 Å². The van der Waals surface area contributed by atoms with Crippen LogP contribution in [0.1, 0.15) is 41.0 Å². The summed E-state index contributed by atoms with van der Waals surface area (Å²) in [7, 11) is 0. The highest BCUT2D eigenvalue weighted by molar-refractivity contribution is 5.92. The molecule has 0 aliphatic heterocycles. The number of aliphatic carboxylic acids is 1. The molecule has 0 saturated heterocycles. The van der Waals surface area contributed by atoms with Crippen LogP contribution >= 0.6 is 0 Å². The van der Waals surface area contributed by atoms with Crippen LogP contribution < -0.4 is 5.32 Å². The molecule has 136 valence electrons. The molecule has 1 aliphatic rings. The largest absolute Gasteiger partial charge is 0.481 e. The van der Waals surface area contributed by atoms with Crippen molar-refractivity contribution < 1.29 is 19.1 Å². The Kier molecular flexibility index (Phi) is 4.81. The molecule has 1 unspecified atom stereocenters. The number of carboxylic acids is 1. The topological polar surface area (TPSA) is 66.4 Å². The molecular formula is C21H22FNO3. The van der Waals surface area contributed by atoms with Crippen molar-refractivity contribution in [3.05, 3.63) is 70.5 Å². The molecule has 1 fully saturated rings. The maximum Gasteiger partial charge on any atom is 0.312 e. The summed E-state index contributed by atoms with van der Waals surface area (Å²) in [5, 5.41) is 12.3. The molecule has 2 aromatic rings. The van der Waals surface area contributed by atoms with Crippen molar-refractivity contribution in [2.45, 2.75) is 38.0 Å². The van der Waals surface area contributed by atoms with Crippen LogP contribution in [0.25, 0.3) is 0 Å². The molecule has 0 heterocycles. The number of hydrogen-bond acceptors (Lipinski definition) is 2. The van der Waals surface area contributed by atoms with E-state index >= 15 is 0 Å². The average molecular weight is 355 g/mol. The molecule has 0 aromatic heterocycles. The van der Waals surface area contributed by atoms with Crippen LogP contribution in [0.15, 0.2) is 42.5 Å². The lowest BCUT2D eigenvalue weighted by molar-refractivity contribution is -0.138. The number of amides is 1. The first-order valence-corrected chi connectivity index (χ1v) is 8.67. The molecule has 3 rings (SSSR count). The third kappa shape index (κ3) is 3.62. The third-order valence-electron chi connectivity index (χ3n) is 5.00. The van der Waals surface area contributed by atoms with E-state index in [0.29, 0.717) is 5.56 Å². The van der Waals surface area contributed by atoms with E-state index in [1.54, 1.807) is 0 Å². The zero-order valence-electron chi connectivity index (χ0n) is 14.9. The second kappa shape index (κ2) is 6.90. The van der Waals surface area contributed by atoms with Crippen molar-refractivity contribution in [3.63, 3.8) is 0 Å². The second-order valence-electron chi connectivity index (χ2n) is 7.11. The smallest absolute Gasteiger partial charge is 0.312 e.